The normalized spacial score (nSPS) is 13.3. The molecule has 0 aliphatic rings. The van der Waals surface area contributed by atoms with Gasteiger partial charge in [-0.1, -0.05) is 22.9 Å². The van der Waals surface area contributed by atoms with Crippen molar-refractivity contribution in [2.75, 3.05) is 13.7 Å². The van der Waals surface area contributed by atoms with E-state index in [2.05, 4.69) is 21.2 Å². The molecule has 6 heteroatoms. The molecule has 0 radical (unpaired) electrons. The second-order valence-corrected chi connectivity index (χ2v) is 5.42. The lowest BCUT2D eigenvalue weighted by Crippen LogP contribution is -2.32. The summed E-state index contributed by atoms with van der Waals surface area (Å²) in [5, 5.41) is 3.11. The molecule has 0 saturated heterocycles. The Kier molecular flexibility index (Phi) is 6.82. The summed E-state index contributed by atoms with van der Waals surface area (Å²) in [5.74, 6) is 0.703. The summed E-state index contributed by atoms with van der Waals surface area (Å²) in [5.41, 5.74) is 0.942. The quantitative estimate of drug-likeness (QED) is 0.788. The van der Waals surface area contributed by atoms with E-state index in [0.717, 1.165) is 10.0 Å². The molecule has 0 aliphatic carbocycles. The van der Waals surface area contributed by atoms with Crippen LogP contribution in [0.3, 0.4) is 0 Å². The molecular formula is C14H19BrF3NO. The minimum atomic E-state index is -4.11. The summed E-state index contributed by atoms with van der Waals surface area (Å²) >= 11 is 3.42. The van der Waals surface area contributed by atoms with E-state index in [4.69, 9.17) is 4.74 Å². The van der Waals surface area contributed by atoms with Gasteiger partial charge in [-0.15, -0.1) is 0 Å². The average Bonchev–Trinajstić information content (AvgIpc) is 2.38. The molecule has 114 valence electrons. The fraction of sp³-hybridized carbons (Fsp3) is 0.571. The lowest BCUT2D eigenvalue weighted by molar-refractivity contribution is -0.136. The number of nitrogens with one attached hydrogen (secondary N) is 1. The molecule has 1 atom stereocenters. The summed E-state index contributed by atoms with van der Waals surface area (Å²) < 4.78 is 43.0. The number of rotatable bonds is 7. The number of halogens is 4. The van der Waals surface area contributed by atoms with E-state index in [9.17, 15) is 13.2 Å². The highest BCUT2D eigenvalue weighted by atomic mass is 79.9. The van der Waals surface area contributed by atoms with Crippen LogP contribution in [0, 0.1) is 0 Å². The zero-order valence-corrected chi connectivity index (χ0v) is 13.1. The lowest BCUT2D eigenvalue weighted by atomic mass is 10.0. The van der Waals surface area contributed by atoms with Gasteiger partial charge in [0, 0.05) is 16.9 Å². The highest BCUT2D eigenvalue weighted by Crippen LogP contribution is 2.26. The number of hydrogen-bond donors (Lipinski definition) is 1. The minimum Gasteiger partial charge on any atom is -0.497 e. The molecule has 1 unspecified atom stereocenters. The van der Waals surface area contributed by atoms with Crippen molar-refractivity contribution in [1.29, 1.82) is 0 Å². The average molecular weight is 354 g/mol. The van der Waals surface area contributed by atoms with Crippen LogP contribution in [-0.4, -0.2) is 25.9 Å². The summed E-state index contributed by atoms with van der Waals surface area (Å²) in [6, 6.07) is 5.30. The van der Waals surface area contributed by atoms with Gasteiger partial charge in [-0.3, -0.25) is 0 Å². The molecule has 1 aromatic rings. The van der Waals surface area contributed by atoms with Gasteiger partial charge in [0.1, 0.15) is 5.75 Å². The van der Waals surface area contributed by atoms with Gasteiger partial charge in [-0.05, 0) is 43.1 Å². The first-order chi connectivity index (χ1) is 9.35. The van der Waals surface area contributed by atoms with Gasteiger partial charge in [-0.2, -0.15) is 13.2 Å². The maximum Gasteiger partial charge on any atom is 0.389 e. The third kappa shape index (κ3) is 6.13. The van der Waals surface area contributed by atoms with Crippen LogP contribution >= 0.6 is 15.9 Å². The van der Waals surface area contributed by atoms with Crippen LogP contribution in [0.15, 0.2) is 22.7 Å². The van der Waals surface area contributed by atoms with Crippen LogP contribution < -0.4 is 10.1 Å². The molecule has 1 rings (SSSR count). The van der Waals surface area contributed by atoms with E-state index in [1.54, 1.807) is 7.11 Å². The molecular weight excluding hydrogens is 335 g/mol. The summed E-state index contributed by atoms with van der Waals surface area (Å²) in [6.45, 7) is 2.53. The number of methoxy groups -OCH3 is 1. The SMILES string of the molecule is CCNC(CCC(F)(F)F)Cc1cc(OC)ccc1Br. The van der Waals surface area contributed by atoms with E-state index in [0.29, 0.717) is 18.7 Å². The predicted molar refractivity (Wildman–Crippen MR) is 77.2 cm³/mol. The van der Waals surface area contributed by atoms with Crippen LogP contribution in [0.5, 0.6) is 5.75 Å². The third-order valence-electron chi connectivity index (χ3n) is 2.99. The lowest BCUT2D eigenvalue weighted by Gasteiger charge is -2.20. The van der Waals surface area contributed by atoms with E-state index in [1.165, 1.54) is 0 Å². The third-order valence-corrected chi connectivity index (χ3v) is 3.76. The van der Waals surface area contributed by atoms with Crippen molar-refractivity contribution in [3.63, 3.8) is 0 Å². The van der Waals surface area contributed by atoms with Crippen LogP contribution in [0.4, 0.5) is 13.2 Å². The Bertz CT molecular complexity index is 423. The van der Waals surface area contributed by atoms with Crippen molar-refractivity contribution < 1.29 is 17.9 Å². The smallest absolute Gasteiger partial charge is 0.389 e. The highest BCUT2D eigenvalue weighted by Gasteiger charge is 2.28. The maximum atomic E-state index is 12.3. The van der Waals surface area contributed by atoms with Gasteiger partial charge in [0.15, 0.2) is 0 Å². The topological polar surface area (TPSA) is 21.3 Å². The predicted octanol–water partition coefficient (Wildman–Crippen LogP) is 4.32. The number of hydrogen-bond acceptors (Lipinski definition) is 2. The summed E-state index contributed by atoms with van der Waals surface area (Å²) in [7, 11) is 1.57. The molecule has 0 aromatic heterocycles. The van der Waals surface area contributed by atoms with Gasteiger partial charge >= 0.3 is 6.18 Å². The van der Waals surface area contributed by atoms with E-state index in [1.807, 2.05) is 25.1 Å². The number of ether oxygens (including phenoxy) is 1. The van der Waals surface area contributed by atoms with Gasteiger partial charge in [0.05, 0.1) is 7.11 Å². The van der Waals surface area contributed by atoms with Crippen LogP contribution in [-0.2, 0) is 6.42 Å². The fourth-order valence-corrected chi connectivity index (χ4v) is 2.41. The number of likely N-dealkylation sites (N-methyl/N-ethyl adjacent to an activating group) is 1. The first kappa shape index (κ1) is 17.3. The molecule has 0 heterocycles. The van der Waals surface area contributed by atoms with Gasteiger partial charge in [0.2, 0.25) is 0 Å². The number of benzene rings is 1. The van der Waals surface area contributed by atoms with Crippen LogP contribution in [0.1, 0.15) is 25.3 Å². The van der Waals surface area contributed by atoms with Crippen LogP contribution in [0.25, 0.3) is 0 Å². The van der Waals surface area contributed by atoms with Gasteiger partial charge in [-0.25, -0.2) is 0 Å². The Balaban J connectivity index is 2.74. The molecule has 0 fully saturated rings. The van der Waals surface area contributed by atoms with Gasteiger partial charge in [0.25, 0.3) is 0 Å². The minimum absolute atomic E-state index is 0.0704. The van der Waals surface area contributed by atoms with Crippen molar-refractivity contribution in [3.05, 3.63) is 28.2 Å². The molecule has 0 spiro atoms. The van der Waals surface area contributed by atoms with Gasteiger partial charge < -0.3 is 10.1 Å². The van der Waals surface area contributed by atoms with E-state index < -0.39 is 12.6 Å². The second kappa shape index (κ2) is 7.88. The van der Waals surface area contributed by atoms with Crippen molar-refractivity contribution in [3.8, 4) is 5.75 Å². The molecule has 2 nitrogen and oxygen atoms in total. The molecule has 0 aliphatic heterocycles. The Morgan fingerprint density at radius 1 is 1.35 bits per heavy atom. The highest BCUT2D eigenvalue weighted by molar-refractivity contribution is 9.10. The Hall–Kier alpha value is -0.750. The van der Waals surface area contributed by atoms with Crippen molar-refractivity contribution in [2.45, 2.75) is 38.4 Å². The first-order valence-electron chi connectivity index (χ1n) is 6.48. The standard InChI is InChI=1S/C14H19BrF3NO/c1-3-19-11(6-7-14(16,17)18)8-10-9-12(20-2)4-5-13(10)15/h4-5,9,11,19H,3,6-8H2,1-2H3. The molecule has 1 N–H and O–H groups in total. The molecule has 20 heavy (non-hydrogen) atoms. The Morgan fingerprint density at radius 3 is 2.60 bits per heavy atom. The van der Waals surface area contributed by atoms with E-state index in [-0.39, 0.29) is 12.5 Å². The largest absolute Gasteiger partial charge is 0.497 e. The summed E-state index contributed by atoms with van der Waals surface area (Å²) in [4.78, 5) is 0. The van der Waals surface area contributed by atoms with Crippen molar-refractivity contribution >= 4 is 15.9 Å². The first-order valence-corrected chi connectivity index (χ1v) is 7.27. The Labute approximate surface area is 125 Å². The Morgan fingerprint density at radius 2 is 2.05 bits per heavy atom. The molecule has 0 saturated carbocycles. The van der Waals surface area contributed by atoms with E-state index >= 15 is 0 Å². The van der Waals surface area contributed by atoms with Crippen LogP contribution in [0.2, 0.25) is 0 Å². The number of alkyl halides is 3. The molecule has 0 amide bonds. The van der Waals surface area contributed by atoms with Crippen molar-refractivity contribution in [2.24, 2.45) is 0 Å². The monoisotopic (exact) mass is 353 g/mol. The van der Waals surface area contributed by atoms with Crippen molar-refractivity contribution in [1.82, 2.24) is 5.32 Å². The zero-order valence-electron chi connectivity index (χ0n) is 11.6. The zero-order chi connectivity index (χ0) is 15.2. The second-order valence-electron chi connectivity index (χ2n) is 4.57. The summed E-state index contributed by atoms with van der Waals surface area (Å²) in [6.07, 6.45) is -4.28. The molecule has 0 bridgehead atoms. The maximum absolute atomic E-state index is 12.3. The molecule has 1 aromatic carbocycles. The fourth-order valence-electron chi connectivity index (χ4n) is 2.00.